The van der Waals surface area contributed by atoms with Crippen molar-refractivity contribution in [2.45, 2.75) is 13.8 Å². The molecule has 1 saturated heterocycles. The summed E-state index contributed by atoms with van der Waals surface area (Å²) in [6.07, 6.45) is 0. The van der Waals surface area contributed by atoms with E-state index in [2.05, 4.69) is 15.5 Å². The van der Waals surface area contributed by atoms with Crippen LogP contribution in [0.5, 0.6) is 5.75 Å². The van der Waals surface area contributed by atoms with Crippen LogP contribution in [0.1, 0.15) is 11.1 Å². The van der Waals surface area contributed by atoms with Crippen molar-refractivity contribution in [2.75, 3.05) is 50.1 Å². The van der Waals surface area contributed by atoms with Gasteiger partial charge in [-0.2, -0.15) is 0 Å². The predicted molar refractivity (Wildman–Crippen MR) is 115 cm³/mol. The Morgan fingerprint density at radius 2 is 1.72 bits per heavy atom. The zero-order valence-electron chi connectivity index (χ0n) is 17.2. The SMILES string of the molecule is COc1ccccc1N1CCN(CC(=O)NC(=O)Nc2ccc(C)c(C)c2)CC1. The Morgan fingerprint density at radius 1 is 1.00 bits per heavy atom. The molecule has 0 spiro atoms. The third-order valence-electron chi connectivity index (χ3n) is 5.18. The lowest BCUT2D eigenvalue weighted by Gasteiger charge is -2.36. The van der Waals surface area contributed by atoms with Gasteiger partial charge in [-0.25, -0.2) is 4.79 Å². The van der Waals surface area contributed by atoms with Gasteiger partial charge in [-0.05, 0) is 49.2 Å². The Kier molecular flexibility index (Phi) is 6.72. The number of rotatable bonds is 5. The second-order valence-electron chi connectivity index (χ2n) is 7.24. The molecule has 1 fully saturated rings. The third-order valence-corrected chi connectivity index (χ3v) is 5.18. The lowest BCUT2D eigenvalue weighted by atomic mass is 10.1. The molecular weight excluding hydrogens is 368 g/mol. The first-order valence-electron chi connectivity index (χ1n) is 9.74. The van der Waals surface area contributed by atoms with E-state index in [1.54, 1.807) is 7.11 Å². The van der Waals surface area contributed by atoms with Crippen molar-refractivity contribution in [2.24, 2.45) is 0 Å². The van der Waals surface area contributed by atoms with Crippen molar-refractivity contribution in [3.63, 3.8) is 0 Å². The summed E-state index contributed by atoms with van der Waals surface area (Å²) >= 11 is 0. The number of imide groups is 1. The van der Waals surface area contributed by atoms with Gasteiger partial charge in [0.05, 0.1) is 19.3 Å². The number of urea groups is 1. The lowest BCUT2D eigenvalue weighted by Crippen LogP contribution is -2.50. The van der Waals surface area contributed by atoms with Crippen molar-refractivity contribution in [1.82, 2.24) is 10.2 Å². The molecule has 0 bridgehead atoms. The van der Waals surface area contributed by atoms with Crippen LogP contribution < -0.4 is 20.3 Å². The summed E-state index contributed by atoms with van der Waals surface area (Å²) in [7, 11) is 1.67. The number of hydrogen-bond donors (Lipinski definition) is 2. The number of amides is 3. The van der Waals surface area contributed by atoms with Crippen LogP contribution in [0.4, 0.5) is 16.2 Å². The molecule has 0 aromatic heterocycles. The summed E-state index contributed by atoms with van der Waals surface area (Å²) in [6, 6.07) is 13.1. The number of methoxy groups -OCH3 is 1. The minimum atomic E-state index is -0.508. The van der Waals surface area contributed by atoms with Crippen LogP contribution in [-0.2, 0) is 4.79 Å². The fourth-order valence-electron chi connectivity index (χ4n) is 3.39. The Balaban J connectivity index is 1.45. The van der Waals surface area contributed by atoms with Crippen molar-refractivity contribution >= 4 is 23.3 Å². The summed E-state index contributed by atoms with van der Waals surface area (Å²) in [5, 5.41) is 5.11. The first-order chi connectivity index (χ1) is 14.0. The molecular formula is C22H28N4O3. The van der Waals surface area contributed by atoms with E-state index in [-0.39, 0.29) is 12.5 Å². The van der Waals surface area contributed by atoms with E-state index in [1.165, 1.54) is 0 Å². The number of aryl methyl sites for hydroxylation is 2. The van der Waals surface area contributed by atoms with E-state index < -0.39 is 6.03 Å². The fourth-order valence-corrected chi connectivity index (χ4v) is 3.39. The van der Waals surface area contributed by atoms with Gasteiger partial charge in [0.15, 0.2) is 0 Å². The highest BCUT2D eigenvalue weighted by Crippen LogP contribution is 2.28. The van der Waals surface area contributed by atoms with Gasteiger partial charge in [0, 0.05) is 31.9 Å². The number of benzene rings is 2. The maximum absolute atomic E-state index is 12.2. The summed E-state index contributed by atoms with van der Waals surface area (Å²) in [4.78, 5) is 28.6. The smallest absolute Gasteiger partial charge is 0.325 e. The van der Waals surface area contributed by atoms with E-state index in [0.717, 1.165) is 48.7 Å². The van der Waals surface area contributed by atoms with Gasteiger partial charge in [0.25, 0.3) is 0 Å². The predicted octanol–water partition coefficient (Wildman–Crippen LogP) is 2.78. The maximum Gasteiger partial charge on any atom is 0.325 e. The van der Waals surface area contributed by atoms with Crippen LogP contribution in [0, 0.1) is 13.8 Å². The molecule has 0 atom stereocenters. The average Bonchev–Trinajstić information content (AvgIpc) is 2.71. The van der Waals surface area contributed by atoms with Gasteiger partial charge < -0.3 is 15.0 Å². The van der Waals surface area contributed by atoms with E-state index in [1.807, 2.05) is 61.2 Å². The molecule has 2 N–H and O–H groups in total. The molecule has 0 radical (unpaired) electrons. The zero-order chi connectivity index (χ0) is 20.8. The van der Waals surface area contributed by atoms with Crippen LogP contribution in [0.2, 0.25) is 0 Å². The van der Waals surface area contributed by atoms with Gasteiger partial charge in [-0.3, -0.25) is 15.0 Å². The molecule has 2 aromatic carbocycles. The Labute approximate surface area is 171 Å². The van der Waals surface area contributed by atoms with Crippen molar-refractivity contribution < 1.29 is 14.3 Å². The summed E-state index contributed by atoms with van der Waals surface area (Å²) in [6.45, 7) is 7.25. The second-order valence-corrected chi connectivity index (χ2v) is 7.24. The normalized spacial score (nSPS) is 14.4. The average molecular weight is 396 g/mol. The third kappa shape index (κ3) is 5.48. The van der Waals surface area contributed by atoms with Gasteiger partial charge in [0.2, 0.25) is 5.91 Å². The number of ether oxygens (including phenoxy) is 1. The monoisotopic (exact) mass is 396 g/mol. The number of hydrogen-bond acceptors (Lipinski definition) is 5. The van der Waals surface area contributed by atoms with Gasteiger partial charge >= 0.3 is 6.03 Å². The number of anilines is 2. The molecule has 3 amide bonds. The molecule has 1 aliphatic rings. The maximum atomic E-state index is 12.2. The molecule has 29 heavy (non-hydrogen) atoms. The number of para-hydroxylation sites is 2. The lowest BCUT2D eigenvalue weighted by molar-refractivity contribution is -0.121. The summed E-state index contributed by atoms with van der Waals surface area (Å²) in [5.41, 5.74) is 3.97. The zero-order valence-corrected chi connectivity index (χ0v) is 17.2. The van der Waals surface area contributed by atoms with Gasteiger partial charge in [-0.15, -0.1) is 0 Å². The van der Waals surface area contributed by atoms with Crippen molar-refractivity contribution in [1.29, 1.82) is 0 Å². The van der Waals surface area contributed by atoms with E-state index >= 15 is 0 Å². The summed E-state index contributed by atoms with van der Waals surface area (Å²) in [5.74, 6) is 0.541. The number of carbonyl (C=O) groups is 2. The molecule has 0 aliphatic carbocycles. The Morgan fingerprint density at radius 3 is 2.41 bits per heavy atom. The highest BCUT2D eigenvalue weighted by atomic mass is 16.5. The van der Waals surface area contributed by atoms with Crippen LogP contribution in [0.15, 0.2) is 42.5 Å². The minimum absolute atomic E-state index is 0.195. The summed E-state index contributed by atoms with van der Waals surface area (Å²) < 4.78 is 5.43. The van der Waals surface area contributed by atoms with Crippen LogP contribution >= 0.6 is 0 Å². The van der Waals surface area contributed by atoms with E-state index in [4.69, 9.17) is 4.74 Å². The number of nitrogens with one attached hydrogen (secondary N) is 2. The van der Waals surface area contributed by atoms with E-state index in [0.29, 0.717) is 5.69 Å². The molecule has 0 saturated carbocycles. The quantitative estimate of drug-likeness (QED) is 0.813. The number of nitrogens with zero attached hydrogens (tertiary/aromatic N) is 2. The molecule has 3 rings (SSSR count). The van der Waals surface area contributed by atoms with Crippen molar-refractivity contribution in [3.8, 4) is 5.75 Å². The molecule has 2 aromatic rings. The molecule has 1 aliphatic heterocycles. The molecule has 1 heterocycles. The van der Waals surface area contributed by atoms with Crippen LogP contribution in [0.25, 0.3) is 0 Å². The highest BCUT2D eigenvalue weighted by molar-refractivity contribution is 6.01. The molecule has 7 heteroatoms. The molecule has 0 unspecified atom stereocenters. The molecule has 7 nitrogen and oxygen atoms in total. The first kappa shape index (κ1) is 20.7. The van der Waals surface area contributed by atoms with Crippen molar-refractivity contribution in [3.05, 3.63) is 53.6 Å². The second kappa shape index (κ2) is 9.43. The topological polar surface area (TPSA) is 73.9 Å². The van der Waals surface area contributed by atoms with Crippen LogP contribution in [0.3, 0.4) is 0 Å². The first-order valence-corrected chi connectivity index (χ1v) is 9.74. The highest BCUT2D eigenvalue weighted by Gasteiger charge is 2.21. The number of carbonyl (C=O) groups excluding carboxylic acids is 2. The largest absolute Gasteiger partial charge is 0.495 e. The minimum Gasteiger partial charge on any atom is -0.495 e. The Bertz CT molecular complexity index is 876. The van der Waals surface area contributed by atoms with Gasteiger partial charge in [0.1, 0.15) is 5.75 Å². The van der Waals surface area contributed by atoms with Crippen LogP contribution in [-0.4, -0.2) is 56.7 Å². The standard InChI is InChI=1S/C22H28N4O3/c1-16-8-9-18(14-17(16)2)23-22(28)24-21(27)15-25-10-12-26(13-11-25)19-6-4-5-7-20(19)29-3/h4-9,14H,10-13,15H2,1-3H3,(H2,23,24,27,28). The van der Waals surface area contributed by atoms with Gasteiger partial charge in [-0.1, -0.05) is 18.2 Å². The molecule has 154 valence electrons. The number of piperazine rings is 1. The Hall–Kier alpha value is -3.06. The van der Waals surface area contributed by atoms with E-state index in [9.17, 15) is 9.59 Å². The fraction of sp³-hybridized carbons (Fsp3) is 0.364.